The molecule has 2 nitrogen and oxygen atoms in total. The molecule has 0 saturated heterocycles. The maximum Gasteiger partial charge on any atom is 0.253 e. The Morgan fingerprint density at radius 3 is 2.55 bits per heavy atom. The van der Waals surface area contributed by atoms with Gasteiger partial charge in [0.05, 0.1) is 21.7 Å². The number of amides is 1. The van der Waals surface area contributed by atoms with Crippen LogP contribution in [0.2, 0.25) is 10.0 Å². The van der Waals surface area contributed by atoms with Gasteiger partial charge >= 0.3 is 0 Å². The van der Waals surface area contributed by atoms with Crippen molar-refractivity contribution in [3.63, 3.8) is 0 Å². The van der Waals surface area contributed by atoms with Crippen LogP contribution in [0.5, 0.6) is 0 Å². The average molecular weight is 328 g/mol. The molecule has 1 heterocycles. The Bertz CT molecular complexity index is 596. The maximum absolute atomic E-state index is 12.4. The van der Waals surface area contributed by atoms with Gasteiger partial charge in [-0.3, -0.25) is 4.79 Å². The van der Waals surface area contributed by atoms with Crippen molar-refractivity contribution in [1.82, 2.24) is 5.32 Å². The van der Waals surface area contributed by atoms with Gasteiger partial charge in [-0.1, -0.05) is 49.2 Å². The Morgan fingerprint density at radius 1 is 1.20 bits per heavy atom. The number of carbonyl (C=O) groups is 1. The summed E-state index contributed by atoms with van der Waals surface area (Å²) >= 11 is 13.7. The Balaban J connectivity index is 2.23. The van der Waals surface area contributed by atoms with Gasteiger partial charge in [0.2, 0.25) is 0 Å². The van der Waals surface area contributed by atoms with Crippen LogP contribution in [-0.2, 0) is 0 Å². The molecule has 0 aliphatic carbocycles. The molecule has 1 aromatic carbocycles. The molecule has 0 radical (unpaired) electrons. The van der Waals surface area contributed by atoms with Crippen molar-refractivity contribution in [2.45, 2.75) is 19.9 Å². The molecule has 1 amide bonds. The Labute approximate surface area is 132 Å². The zero-order valence-corrected chi connectivity index (χ0v) is 13.5. The van der Waals surface area contributed by atoms with E-state index in [2.05, 4.69) is 19.2 Å². The highest BCUT2D eigenvalue weighted by Crippen LogP contribution is 2.29. The van der Waals surface area contributed by atoms with Gasteiger partial charge in [-0.2, -0.15) is 0 Å². The molecule has 0 aliphatic heterocycles. The first kappa shape index (κ1) is 15.4. The van der Waals surface area contributed by atoms with Gasteiger partial charge < -0.3 is 5.32 Å². The standard InChI is InChI=1S/C15H15Cl2NOS/c1-9(2)14(12-7-4-8-20-12)18-15(19)10-5-3-6-11(16)13(10)17/h3-9,14H,1-2H3,(H,18,19). The fourth-order valence-corrected chi connectivity index (χ4v) is 3.27. The van der Waals surface area contributed by atoms with Crippen molar-refractivity contribution >= 4 is 40.4 Å². The molecule has 0 bridgehead atoms. The van der Waals surface area contributed by atoms with Gasteiger partial charge in [-0.15, -0.1) is 11.3 Å². The maximum atomic E-state index is 12.4. The van der Waals surface area contributed by atoms with Gasteiger partial charge in [-0.25, -0.2) is 0 Å². The Kier molecular flexibility index (Phi) is 5.08. The molecule has 1 N–H and O–H groups in total. The number of hydrogen-bond donors (Lipinski definition) is 1. The summed E-state index contributed by atoms with van der Waals surface area (Å²) in [5, 5.41) is 5.71. The number of rotatable bonds is 4. The number of nitrogens with one attached hydrogen (secondary N) is 1. The first-order chi connectivity index (χ1) is 9.50. The van der Waals surface area contributed by atoms with Crippen molar-refractivity contribution in [3.05, 3.63) is 56.2 Å². The van der Waals surface area contributed by atoms with E-state index in [1.165, 1.54) is 0 Å². The van der Waals surface area contributed by atoms with Crippen LogP contribution in [0.15, 0.2) is 35.7 Å². The summed E-state index contributed by atoms with van der Waals surface area (Å²) in [5.74, 6) is 0.0835. The lowest BCUT2D eigenvalue weighted by atomic mass is 10.0. The van der Waals surface area contributed by atoms with Gasteiger partial charge in [0.25, 0.3) is 5.91 Å². The first-order valence-corrected chi connectivity index (χ1v) is 7.92. The Hall–Kier alpha value is -1.03. The van der Waals surface area contributed by atoms with Crippen molar-refractivity contribution in [2.24, 2.45) is 5.92 Å². The molecule has 0 saturated carbocycles. The lowest BCUT2D eigenvalue weighted by Gasteiger charge is -2.21. The first-order valence-electron chi connectivity index (χ1n) is 6.29. The second kappa shape index (κ2) is 6.61. The molecular weight excluding hydrogens is 313 g/mol. The third kappa shape index (κ3) is 3.35. The van der Waals surface area contributed by atoms with Crippen LogP contribution in [0.3, 0.4) is 0 Å². The number of thiophene rings is 1. The van der Waals surface area contributed by atoms with Crippen molar-refractivity contribution in [3.8, 4) is 0 Å². The molecular formula is C15H15Cl2NOS. The largest absolute Gasteiger partial charge is 0.344 e. The summed E-state index contributed by atoms with van der Waals surface area (Å²) in [4.78, 5) is 13.5. The topological polar surface area (TPSA) is 29.1 Å². The molecule has 1 aromatic heterocycles. The minimum Gasteiger partial charge on any atom is -0.344 e. The van der Waals surface area contributed by atoms with Gasteiger partial charge in [-0.05, 0) is 29.5 Å². The number of hydrogen-bond acceptors (Lipinski definition) is 2. The van der Waals surface area contributed by atoms with Crippen molar-refractivity contribution in [2.75, 3.05) is 0 Å². The molecule has 2 aromatic rings. The van der Waals surface area contributed by atoms with E-state index in [1.807, 2.05) is 17.5 Å². The molecule has 1 unspecified atom stereocenters. The summed E-state index contributed by atoms with van der Waals surface area (Å²) in [6.45, 7) is 4.15. The number of carbonyl (C=O) groups excluding carboxylic acids is 1. The molecule has 5 heteroatoms. The molecule has 0 aliphatic rings. The van der Waals surface area contributed by atoms with Crippen LogP contribution in [0.4, 0.5) is 0 Å². The number of halogens is 2. The summed E-state index contributed by atoms with van der Waals surface area (Å²) in [5.41, 5.74) is 0.404. The van der Waals surface area contributed by atoms with Crippen LogP contribution in [0, 0.1) is 5.92 Å². The fraction of sp³-hybridized carbons (Fsp3) is 0.267. The fourth-order valence-electron chi connectivity index (χ4n) is 1.93. The zero-order valence-electron chi connectivity index (χ0n) is 11.2. The van der Waals surface area contributed by atoms with Gasteiger partial charge in [0.15, 0.2) is 0 Å². The van der Waals surface area contributed by atoms with E-state index in [0.29, 0.717) is 15.6 Å². The number of benzene rings is 1. The van der Waals surface area contributed by atoms with Crippen molar-refractivity contribution in [1.29, 1.82) is 0 Å². The van der Waals surface area contributed by atoms with E-state index in [1.54, 1.807) is 29.5 Å². The minimum atomic E-state index is -0.204. The van der Waals surface area contributed by atoms with E-state index in [4.69, 9.17) is 23.2 Å². The minimum absolute atomic E-state index is 0.0300. The van der Waals surface area contributed by atoms with E-state index in [-0.39, 0.29) is 17.9 Å². The second-order valence-corrected chi connectivity index (χ2v) is 6.58. The van der Waals surface area contributed by atoms with Crippen LogP contribution in [-0.4, -0.2) is 5.91 Å². The van der Waals surface area contributed by atoms with Crippen molar-refractivity contribution < 1.29 is 4.79 Å². The molecule has 0 fully saturated rings. The SMILES string of the molecule is CC(C)C(NC(=O)c1cccc(Cl)c1Cl)c1cccs1. The van der Waals surface area contributed by atoms with Crippen LogP contribution in [0.25, 0.3) is 0 Å². The van der Waals surface area contributed by atoms with E-state index < -0.39 is 0 Å². The highest BCUT2D eigenvalue weighted by atomic mass is 35.5. The summed E-state index contributed by atoms with van der Waals surface area (Å²) in [7, 11) is 0. The highest BCUT2D eigenvalue weighted by Gasteiger charge is 2.21. The predicted molar refractivity (Wildman–Crippen MR) is 85.8 cm³/mol. The summed E-state index contributed by atoms with van der Waals surface area (Å²) in [6.07, 6.45) is 0. The predicted octanol–water partition coefficient (Wildman–Crippen LogP) is 5.18. The average Bonchev–Trinajstić information content (AvgIpc) is 2.92. The lowest BCUT2D eigenvalue weighted by Crippen LogP contribution is -2.31. The molecule has 0 spiro atoms. The monoisotopic (exact) mass is 327 g/mol. The smallest absolute Gasteiger partial charge is 0.253 e. The van der Waals surface area contributed by atoms with Crippen LogP contribution in [0.1, 0.15) is 35.1 Å². The molecule has 20 heavy (non-hydrogen) atoms. The third-order valence-corrected chi connectivity index (χ3v) is 4.77. The van der Waals surface area contributed by atoms with Gasteiger partial charge in [0, 0.05) is 4.88 Å². The normalized spacial score (nSPS) is 12.4. The molecule has 106 valence electrons. The lowest BCUT2D eigenvalue weighted by molar-refractivity contribution is 0.0926. The van der Waals surface area contributed by atoms with Crippen LogP contribution >= 0.6 is 34.5 Å². The van der Waals surface area contributed by atoms with Crippen LogP contribution < -0.4 is 5.32 Å². The van der Waals surface area contributed by atoms with Gasteiger partial charge in [0.1, 0.15) is 0 Å². The third-order valence-electron chi connectivity index (χ3n) is 3.00. The molecule has 2 rings (SSSR count). The van der Waals surface area contributed by atoms with E-state index in [0.717, 1.165) is 4.88 Å². The quantitative estimate of drug-likeness (QED) is 0.823. The second-order valence-electron chi connectivity index (χ2n) is 4.81. The summed E-state index contributed by atoms with van der Waals surface area (Å²) in [6, 6.07) is 9.04. The zero-order chi connectivity index (χ0) is 14.7. The molecule has 1 atom stereocenters. The highest BCUT2D eigenvalue weighted by molar-refractivity contribution is 7.10. The Morgan fingerprint density at radius 2 is 1.95 bits per heavy atom. The summed E-state index contributed by atoms with van der Waals surface area (Å²) < 4.78 is 0. The van der Waals surface area contributed by atoms with E-state index >= 15 is 0 Å². The van der Waals surface area contributed by atoms with E-state index in [9.17, 15) is 4.79 Å².